The summed E-state index contributed by atoms with van der Waals surface area (Å²) in [6.45, 7) is 1.57. The Hall–Kier alpha value is -2.11. The standard InChI is InChI=1S/C11H15N3O3/c1-7(11(17)14(2)3)13-10(16)9-8(15)5-4-6-12-9/h4-7,15H,1-3H3,(H,13,16). The SMILES string of the molecule is CC(NC(=O)c1ncccc1O)C(=O)N(C)C. The second-order valence-electron chi connectivity index (χ2n) is 3.80. The van der Waals surface area contributed by atoms with Gasteiger partial charge in [0.15, 0.2) is 5.69 Å². The number of likely N-dealkylation sites (N-methyl/N-ethyl adjacent to an activating group) is 1. The van der Waals surface area contributed by atoms with Gasteiger partial charge in [-0.1, -0.05) is 0 Å². The maximum absolute atomic E-state index is 11.7. The monoisotopic (exact) mass is 237 g/mol. The first-order valence-corrected chi connectivity index (χ1v) is 5.09. The van der Waals surface area contributed by atoms with Crippen LogP contribution in [0.5, 0.6) is 5.75 Å². The van der Waals surface area contributed by atoms with E-state index in [1.165, 1.54) is 23.2 Å². The summed E-state index contributed by atoms with van der Waals surface area (Å²) in [5, 5.41) is 11.9. The molecule has 0 aliphatic rings. The highest BCUT2D eigenvalue weighted by molar-refractivity contribution is 5.97. The third-order valence-electron chi connectivity index (χ3n) is 2.16. The molecule has 2 amide bonds. The van der Waals surface area contributed by atoms with Crippen LogP contribution in [0.4, 0.5) is 0 Å². The Morgan fingerprint density at radius 2 is 2.12 bits per heavy atom. The van der Waals surface area contributed by atoms with E-state index < -0.39 is 11.9 Å². The van der Waals surface area contributed by atoms with Crippen molar-refractivity contribution in [3.8, 4) is 5.75 Å². The third-order valence-corrected chi connectivity index (χ3v) is 2.16. The van der Waals surface area contributed by atoms with Gasteiger partial charge in [0.2, 0.25) is 5.91 Å². The van der Waals surface area contributed by atoms with Crippen LogP contribution in [0.25, 0.3) is 0 Å². The zero-order valence-electron chi connectivity index (χ0n) is 9.97. The van der Waals surface area contributed by atoms with E-state index in [0.29, 0.717) is 0 Å². The second-order valence-corrected chi connectivity index (χ2v) is 3.80. The van der Waals surface area contributed by atoms with Crippen LogP contribution in [-0.2, 0) is 4.79 Å². The fourth-order valence-electron chi connectivity index (χ4n) is 1.29. The van der Waals surface area contributed by atoms with Crippen LogP contribution in [0.3, 0.4) is 0 Å². The lowest BCUT2D eigenvalue weighted by Crippen LogP contribution is -2.44. The first-order chi connectivity index (χ1) is 7.93. The van der Waals surface area contributed by atoms with E-state index in [4.69, 9.17) is 0 Å². The van der Waals surface area contributed by atoms with E-state index in [-0.39, 0.29) is 17.4 Å². The summed E-state index contributed by atoms with van der Waals surface area (Å²) in [5.74, 6) is -1.02. The van der Waals surface area contributed by atoms with Gasteiger partial charge in [-0.3, -0.25) is 9.59 Å². The van der Waals surface area contributed by atoms with Crippen LogP contribution in [-0.4, -0.2) is 46.9 Å². The van der Waals surface area contributed by atoms with Crippen molar-refractivity contribution < 1.29 is 14.7 Å². The molecule has 1 atom stereocenters. The number of hydrogen-bond acceptors (Lipinski definition) is 4. The van der Waals surface area contributed by atoms with Crippen LogP contribution < -0.4 is 5.32 Å². The number of amides is 2. The van der Waals surface area contributed by atoms with Crippen LogP contribution in [0.1, 0.15) is 17.4 Å². The average Bonchev–Trinajstić information content (AvgIpc) is 2.28. The maximum atomic E-state index is 11.7. The number of rotatable bonds is 3. The van der Waals surface area contributed by atoms with Crippen molar-refractivity contribution in [1.29, 1.82) is 0 Å². The van der Waals surface area contributed by atoms with Crippen molar-refractivity contribution in [3.05, 3.63) is 24.0 Å². The van der Waals surface area contributed by atoms with Crippen molar-refractivity contribution >= 4 is 11.8 Å². The fraction of sp³-hybridized carbons (Fsp3) is 0.364. The van der Waals surface area contributed by atoms with Gasteiger partial charge in [0.25, 0.3) is 5.91 Å². The van der Waals surface area contributed by atoms with E-state index in [9.17, 15) is 14.7 Å². The Morgan fingerprint density at radius 3 is 2.65 bits per heavy atom. The van der Waals surface area contributed by atoms with Gasteiger partial charge >= 0.3 is 0 Å². The first-order valence-electron chi connectivity index (χ1n) is 5.09. The molecule has 1 aromatic heterocycles. The number of hydrogen-bond donors (Lipinski definition) is 2. The normalized spacial score (nSPS) is 11.7. The lowest BCUT2D eigenvalue weighted by atomic mass is 10.2. The molecule has 0 fully saturated rings. The molecule has 17 heavy (non-hydrogen) atoms. The molecule has 0 aromatic carbocycles. The molecule has 0 spiro atoms. The average molecular weight is 237 g/mol. The molecule has 0 saturated heterocycles. The van der Waals surface area contributed by atoms with Gasteiger partial charge in [-0.15, -0.1) is 0 Å². The molecule has 0 aliphatic heterocycles. The molecule has 6 nitrogen and oxygen atoms in total. The van der Waals surface area contributed by atoms with E-state index in [1.807, 2.05) is 0 Å². The quantitative estimate of drug-likeness (QED) is 0.774. The topological polar surface area (TPSA) is 82.5 Å². The minimum absolute atomic E-state index is 0.0918. The Balaban J connectivity index is 2.74. The molecule has 1 heterocycles. The minimum atomic E-state index is -0.668. The van der Waals surface area contributed by atoms with E-state index >= 15 is 0 Å². The minimum Gasteiger partial charge on any atom is -0.505 e. The van der Waals surface area contributed by atoms with Gasteiger partial charge in [-0.25, -0.2) is 4.98 Å². The van der Waals surface area contributed by atoms with E-state index in [1.54, 1.807) is 21.0 Å². The molecular formula is C11H15N3O3. The molecule has 0 bridgehead atoms. The molecule has 1 aromatic rings. The zero-order valence-corrected chi connectivity index (χ0v) is 9.97. The van der Waals surface area contributed by atoms with Crippen molar-refractivity contribution in [2.75, 3.05) is 14.1 Å². The number of pyridine rings is 1. The number of aromatic hydroxyl groups is 1. The Bertz CT molecular complexity index is 432. The summed E-state index contributed by atoms with van der Waals surface area (Å²) >= 11 is 0. The predicted molar refractivity (Wildman–Crippen MR) is 61.5 cm³/mol. The number of carbonyl (C=O) groups excluding carboxylic acids is 2. The highest BCUT2D eigenvalue weighted by Gasteiger charge is 2.20. The zero-order chi connectivity index (χ0) is 13.0. The molecule has 0 saturated carbocycles. The summed E-state index contributed by atoms with van der Waals surface area (Å²) in [4.78, 5) is 28.3. The Labute approximate surface area is 99.3 Å². The lowest BCUT2D eigenvalue weighted by Gasteiger charge is -2.17. The van der Waals surface area contributed by atoms with Gasteiger partial charge in [-0.05, 0) is 19.1 Å². The van der Waals surface area contributed by atoms with Crippen molar-refractivity contribution in [2.24, 2.45) is 0 Å². The van der Waals surface area contributed by atoms with Gasteiger partial charge in [0.1, 0.15) is 11.8 Å². The van der Waals surface area contributed by atoms with Gasteiger partial charge in [-0.2, -0.15) is 0 Å². The predicted octanol–water partition coefficient (Wildman–Crippen LogP) is -0.00630. The van der Waals surface area contributed by atoms with Gasteiger partial charge in [0, 0.05) is 20.3 Å². The van der Waals surface area contributed by atoms with Crippen molar-refractivity contribution in [3.63, 3.8) is 0 Å². The summed E-state index contributed by atoms with van der Waals surface area (Å²) in [7, 11) is 3.20. The number of carbonyl (C=O) groups is 2. The van der Waals surface area contributed by atoms with Crippen LogP contribution in [0, 0.1) is 0 Å². The molecule has 6 heteroatoms. The smallest absolute Gasteiger partial charge is 0.274 e. The number of aromatic nitrogens is 1. The molecule has 1 unspecified atom stereocenters. The largest absolute Gasteiger partial charge is 0.505 e. The molecule has 92 valence electrons. The summed E-state index contributed by atoms with van der Waals surface area (Å²) in [6.07, 6.45) is 1.40. The summed E-state index contributed by atoms with van der Waals surface area (Å²) < 4.78 is 0. The highest BCUT2D eigenvalue weighted by atomic mass is 16.3. The number of nitrogens with zero attached hydrogens (tertiary/aromatic N) is 2. The molecule has 0 aliphatic carbocycles. The van der Waals surface area contributed by atoms with Crippen molar-refractivity contribution in [1.82, 2.24) is 15.2 Å². The third kappa shape index (κ3) is 3.17. The van der Waals surface area contributed by atoms with E-state index in [2.05, 4.69) is 10.3 Å². The van der Waals surface area contributed by atoms with Crippen LogP contribution >= 0.6 is 0 Å². The lowest BCUT2D eigenvalue weighted by molar-refractivity contribution is -0.130. The molecule has 2 N–H and O–H groups in total. The van der Waals surface area contributed by atoms with Crippen molar-refractivity contribution in [2.45, 2.75) is 13.0 Å². The first kappa shape index (κ1) is 13.0. The Kier molecular flexibility index (Phi) is 4.03. The Morgan fingerprint density at radius 1 is 1.47 bits per heavy atom. The van der Waals surface area contributed by atoms with Crippen LogP contribution in [0.15, 0.2) is 18.3 Å². The summed E-state index contributed by atoms with van der Waals surface area (Å²) in [5.41, 5.74) is -0.0918. The van der Waals surface area contributed by atoms with Crippen LogP contribution in [0.2, 0.25) is 0 Å². The molecule has 0 radical (unpaired) electrons. The fourth-order valence-corrected chi connectivity index (χ4v) is 1.29. The number of nitrogens with one attached hydrogen (secondary N) is 1. The van der Waals surface area contributed by atoms with Gasteiger partial charge in [0.05, 0.1) is 0 Å². The molecule has 1 rings (SSSR count). The van der Waals surface area contributed by atoms with Gasteiger partial charge < -0.3 is 15.3 Å². The highest BCUT2D eigenvalue weighted by Crippen LogP contribution is 2.12. The second kappa shape index (κ2) is 5.29. The maximum Gasteiger partial charge on any atom is 0.274 e. The van der Waals surface area contributed by atoms with E-state index in [0.717, 1.165) is 0 Å². The summed E-state index contributed by atoms with van der Waals surface area (Å²) in [6, 6.07) is 2.21. The molecular weight excluding hydrogens is 222 g/mol.